The topological polar surface area (TPSA) is 52.0 Å². The van der Waals surface area contributed by atoms with Gasteiger partial charge in [0.05, 0.1) is 25.1 Å². The van der Waals surface area contributed by atoms with Crippen LogP contribution in [0.4, 0.5) is 0 Å². The molecule has 5 heteroatoms. The van der Waals surface area contributed by atoms with Gasteiger partial charge >= 0.3 is 0 Å². The number of hydrogen-bond donors (Lipinski definition) is 1. The van der Waals surface area contributed by atoms with E-state index in [1.165, 1.54) is 0 Å². The second-order valence-electron chi connectivity index (χ2n) is 3.22. The van der Waals surface area contributed by atoms with Gasteiger partial charge in [0.1, 0.15) is 0 Å². The molecule has 0 unspecified atom stereocenters. The van der Waals surface area contributed by atoms with Crippen LogP contribution >= 0.6 is 0 Å². The second kappa shape index (κ2) is 7.14. The van der Waals surface area contributed by atoms with E-state index in [1.807, 2.05) is 13.1 Å². The molecule has 1 aromatic heterocycles. The monoisotopic (exact) mass is 210 g/mol. The molecular formula is C10H18N4O. The van der Waals surface area contributed by atoms with Gasteiger partial charge in [-0.3, -0.25) is 4.68 Å². The van der Waals surface area contributed by atoms with Crippen molar-refractivity contribution in [1.29, 1.82) is 0 Å². The highest BCUT2D eigenvalue weighted by Gasteiger charge is 1.97. The summed E-state index contributed by atoms with van der Waals surface area (Å²) in [6.07, 6.45) is 4.52. The second-order valence-corrected chi connectivity index (χ2v) is 3.22. The van der Waals surface area contributed by atoms with E-state index in [9.17, 15) is 0 Å². The molecule has 0 atom stereocenters. The third kappa shape index (κ3) is 4.71. The first-order valence-electron chi connectivity index (χ1n) is 5.07. The van der Waals surface area contributed by atoms with Crippen LogP contribution in [-0.2, 0) is 18.3 Å². The van der Waals surface area contributed by atoms with Gasteiger partial charge in [-0.2, -0.15) is 0 Å². The van der Waals surface area contributed by atoms with Crippen molar-refractivity contribution in [3.8, 4) is 0 Å². The normalized spacial score (nSPS) is 10.5. The standard InChI is InChI=1S/C10H18N4O/c1-3-4-6-15-7-5-11-8-10-9-12-13-14(10)2/h3,9,11H,1,4-8H2,2H3. The highest BCUT2D eigenvalue weighted by atomic mass is 16.5. The van der Waals surface area contributed by atoms with Gasteiger partial charge in [-0.25, -0.2) is 0 Å². The molecule has 0 aliphatic heterocycles. The van der Waals surface area contributed by atoms with Crippen molar-refractivity contribution in [3.63, 3.8) is 0 Å². The average Bonchev–Trinajstić information content (AvgIpc) is 2.63. The van der Waals surface area contributed by atoms with Crippen molar-refractivity contribution in [1.82, 2.24) is 20.3 Å². The van der Waals surface area contributed by atoms with E-state index in [0.717, 1.165) is 38.4 Å². The largest absolute Gasteiger partial charge is 0.380 e. The van der Waals surface area contributed by atoms with Crippen LogP contribution in [0.5, 0.6) is 0 Å². The fourth-order valence-corrected chi connectivity index (χ4v) is 1.10. The predicted octanol–water partition coefficient (Wildman–Crippen LogP) is 0.497. The number of aromatic nitrogens is 3. The molecule has 84 valence electrons. The van der Waals surface area contributed by atoms with Crippen molar-refractivity contribution in [2.45, 2.75) is 13.0 Å². The maximum Gasteiger partial charge on any atom is 0.0738 e. The Kier molecular flexibility index (Phi) is 5.65. The van der Waals surface area contributed by atoms with Crippen LogP contribution in [0.2, 0.25) is 0 Å². The van der Waals surface area contributed by atoms with E-state index >= 15 is 0 Å². The molecular weight excluding hydrogens is 192 g/mol. The number of ether oxygens (including phenoxy) is 1. The Labute approximate surface area is 90.1 Å². The summed E-state index contributed by atoms with van der Waals surface area (Å²) >= 11 is 0. The van der Waals surface area contributed by atoms with Crippen LogP contribution in [0, 0.1) is 0 Å². The van der Waals surface area contributed by atoms with Crippen molar-refractivity contribution in [3.05, 3.63) is 24.5 Å². The Hall–Kier alpha value is -1.20. The van der Waals surface area contributed by atoms with Crippen LogP contribution in [0.3, 0.4) is 0 Å². The van der Waals surface area contributed by atoms with Gasteiger partial charge < -0.3 is 10.1 Å². The van der Waals surface area contributed by atoms with Crippen LogP contribution in [0.25, 0.3) is 0 Å². The molecule has 0 fully saturated rings. The quantitative estimate of drug-likeness (QED) is 0.501. The fraction of sp³-hybridized carbons (Fsp3) is 0.600. The highest BCUT2D eigenvalue weighted by Crippen LogP contribution is 1.91. The zero-order valence-electron chi connectivity index (χ0n) is 9.15. The maximum absolute atomic E-state index is 5.35. The number of hydrogen-bond acceptors (Lipinski definition) is 4. The summed E-state index contributed by atoms with van der Waals surface area (Å²) in [5, 5.41) is 10.9. The molecule has 1 rings (SSSR count). The minimum atomic E-state index is 0.721. The zero-order chi connectivity index (χ0) is 10.9. The Morgan fingerprint density at radius 3 is 3.13 bits per heavy atom. The summed E-state index contributed by atoms with van der Waals surface area (Å²) in [7, 11) is 1.88. The lowest BCUT2D eigenvalue weighted by molar-refractivity contribution is 0.140. The number of nitrogens with zero attached hydrogens (tertiary/aromatic N) is 3. The summed E-state index contributed by atoms with van der Waals surface area (Å²) in [5.41, 5.74) is 1.07. The van der Waals surface area contributed by atoms with E-state index in [1.54, 1.807) is 10.9 Å². The summed E-state index contributed by atoms with van der Waals surface area (Å²) in [4.78, 5) is 0. The molecule has 0 aliphatic rings. The zero-order valence-corrected chi connectivity index (χ0v) is 9.15. The van der Waals surface area contributed by atoms with Gasteiger partial charge in [-0.05, 0) is 6.42 Å². The smallest absolute Gasteiger partial charge is 0.0738 e. The Balaban J connectivity index is 1.98. The SMILES string of the molecule is C=CCCOCCNCc1cnnn1C. The first kappa shape index (κ1) is 11.9. The molecule has 1 aromatic rings. The molecule has 15 heavy (non-hydrogen) atoms. The Bertz CT molecular complexity index is 285. The molecule has 0 aromatic carbocycles. The van der Waals surface area contributed by atoms with Crippen molar-refractivity contribution >= 4 is 0 Å². The van der Waals surface area contributed by atoms with E-state index in [0.29, 0.717) is 0 Å². The van der Waals surface area contributed by atoms with Gasteiger partial charge in [0.25, 0.3) is 0 Å². The lowest BCUT2D eigenvalue weighted by Gasteiger charge is -2.04. The lowest BCUT2D eigenvalue weighted by Crippen LogP contribution is -2.20. The summed E-state index contributed by atoms with van der Waals surface area (Å²) in [5.74, 6) is 0. The molecule has 0 amide bonds. The van der Waals surface area contributed by atoms with Gasteiger partial charge in [-0.15, -0.1) is 11.7 Å². The molecule has 0 aliphatic carbocycles. The molecule has 0 bridgehead atoms. The fourth-order valence-electron chi connectivity index (χ4n) is 1.10. The number of nitrogens with one attached hydrogen (secondary N) is 1. The van der Waals surface area contributed by atoms with E-state index in [-0.39, 0.29) is 0 Å². The van der Waals surface area contributed by atoms with E-state index in [2.05, 4.69) is 22.2 Å². The van der Waals surface area contributed by atoms with Gasteiger partial charge in [-0.1, -0.05) is 11.3 Å². The van der Waals surface area contributed by atoms with Crippen molar-refractivity contribution in [2.24, 2.45) is 7.05 Å². The van der Waals surface area contributed by atoms with Crippen LogP contribution in [0.1, 0.15) is 12.1 Å². The summed E-state index contributed by atoms with van der Waals surface area (Å²) in [6.45, 7) is 6.70. The first-order valence-corrected chi connectivity index (χ1v) is 5.07. The molecule has 0 saturated carbocycles. The van der Waals surface area contributed by atoms with Gasteiger partial charge in [0.15, 0.2) is 0 Å². The minimum absolute atomic E-state index is 0.721. The third-order valence-corrected chi connectivity index (χ3v) is 2.00. The Morgan fingerprint density at radius 1 is 1.60 bits per heavy atom. The predicted molar refractivity (Wildman–Crippen MR) is 58.3 cm³/mol. The van der Waals surface area contributed by atoms with Crippen LogP contribution in [-0.4, -0.2) is 34.8 Å². The molecule has 5 nitrogen and oxygen atoms in total. The van der Waals surface area contributed by atoms with Crippen molar-refractivity contribution in [2.75, 3.05) is 19.8 Å². The van der Waals surface area contributed by atoms with Crippen molar-refractivity contribution < 1.29 is 4.74 Å². The average molecular weight is 210 g/mol. The molecule has 1 N–H and O–H groups in total. The summed E-state index contributed by atoms with van der Waals surface area (Å²) in [6, 6.07) is 0. The van der Waals surface area contributed by atoms with Crippen LogP contribution in [0.15, 0.2) is 18.9 Å². The highest BCUT2D eigenvalue weighted by molar-refractivity contribution is 4.91. The number of aryl methyl sites for hydroxylation is 1. The maximum atomic E-state index is 5.35. The van der Waals surface area contributed by atoms with Gasteiger partial charge in [0.2, 0.25) is 0 Å². The first-order chi connectivity index (χ1) is 7.34. The third-order valence-electron chi connectivity index (χ3n) is 2.00. The summed E-state index contributed by atoms with van der Waals surface area (Å²) < 4.78 is 7.11. The van der Waals surface area contributed by atoms with Gasteiger partial charge in [0, 0.05) is 20.1 Å². The molecule has 1 heterocycles. The van der Waals surface area contributed by atoms with E-state index in [4.69, 9.17) is 4.74 Å². The molecule has 0 spiro atoms. The Morgan fingerprint density at radius 2 is 2.47 bits per heavy atom. The van der Waals surface area contributed by atoms with E-state index < -0.39 is 0 Å². The lowest BCUT2D eigenvalue weighted by atomic mass is 10.4. The number of rotatable bonds is 8. The minimum Gasteiger partial charge on any atom is -0.380 e. The van der Waals surface area contributed by atoms with Crippen LogP contribution < -0.4 is 5.32 Å². The molecule has 0 saturated heterocycles. The molecule has 0 radical (unpaired) electrons.